The summed E-state index contributed by atoms with van der Waals surface area (Å²) in [5.74, 6) is 1.53. The van der Waals surface area contributed by atoms with Crippen LogP contribution in [-0.2, 0) is 19.4 Å². The highest BCUT2D eigenvalue weighted by Gasteiger charge is 2.23. The van der Waals surface area contributed by atoms with Gasteiger partial charge >= 0.3 is 0 Å². The van der Waals surface area contributed by atoms with Crippen LogP contribution in [0.5, 0.6) is 5.75 Å². The Morgan fingerprint density at radius 2 is 1.85 bits per heavy atom. The van der Waals surface area contributed by atoms with Gasteiger partial charge in [0.15, 0.2) is 0 Å². The summed E-state index contributed by atoms with van der Waals surface area (Å²) in [7, 11) is 3.81. The van der Waals surface area contributed by atoms with Crippen LogP contribution in [0.2, 0.25) is 0 Å². The molecule has 0 aliphatic carbocycles. The van der Waals surface area contributed by atoms with E-state index in [2.05, 4.69) is 36.9 Å². The van der Waals surface area contributed by atoms with Crippen molar-refractivity contribution in [2.75, 3.05) is 58.3 Å². The first-order chi connectivity index (χ1) is 16.1. The maximum Gasteiger partial charge on any atom is 0.255 e. The Kier molecular flexibility index (Phi) is 6.15. The minimum atomic E-state index is 0.00815. The number of para-hydroxylation sites is 1. The first kappa shape index (κ1) is 21.7. The number of hydrogen-bond donors (Lipinski definition) is 2. The van der Waals surface area contributed by atoms with Gasteiger partial charge in [0.25, 0.3) is 5.56 Å². The molecule has 2 aliphatic rings. The fourth-order valence-electron chi connectivity index (χ4n) is 4.72. The fourth-order valence-corrected chi connectivity index (χ4v) is 4.72. The molecule has 2 aliphatic heterocycles. The van der Waals surface area contributed by atoms with Gasteiger partial charge in [0, 0.05) is 68.9 Å². The third-order valence-electron chi connectivity index (χ3n) is 6.72. The number of methoxy groups -OCH3 is 1. The summed E-state index contributed by atoms with van der Waals surface area (Å²) >= 11 is 0. The molecule has 0 unspecified atom stereocenters. The third kappa shape index (κ3) is 4.51. The number of rotatable bonds is 5. The van der Waals surface area contributed by atoms with Gasteiger partial charge in [-0.3, -0.25) is 19.8 Å². The van der Waals surface area contributed by atoms with Gasteiger partial charge in [-0.1, -0.05) is 12.1 Å². The van der Waals surface area contributed by atoms with Gasteiger partial charge in [0.05, 0.1) is 24.7 Å². The van der Waals surface area contributed by atoms with Crippen molar-refractivity contribution in [2.45, 2.75) is 19.4 Å². The van der Waals surface area contributed by atoms with Gasteiger partial charge in [-0.2, -0.15) is 5.10 Å². The molecule has 174 valence electrons. The van der Waals surface area contributed by atoms with Crippen molar-refractivity contribution in [2.24, 2.45) is 0 Å². The number of piperazine rings is 1. The lowest BCUT2D eigenvalue weighted by atomic mass is 10.1. The van der Waals surface area contributed by atoms with Crippen LogP contribution in [0.4, 0.5) is 5.95 Å². The second-order valence-electron chi connectivity index (χ2n) is 8.85. The van der Waals surface area contributed by atoms with Crippen molar-refractivity contribution >= 4 is 5.95 Å². The summed E-state index contributed by atoms with van der Waals surface area (Å²) in [6, 6.07) is 7.96. The lowest BCUT2D eigenvalue weighted by Gasteiger charge is -2.32. The monoisotopic (exact) mass is 449 g/mol. The highest BCUT2D eigenvalue weighted by Crippen LogP contribution is 2.31. The Labute approximate surface area is 193 Å². The number of aromatic nitrogens is 4. The minimum absolute atomic E-state index is 0.00815. The van der Waals surface area contributed by atoms with Gasteiger partial charge in [-0.05, 0) is 25.6 Å². The molecule has 9 nitrogen and oxygen atoms in total. The van der Waals surface area contributed by atoms with E-state index in [1.807, 2.05) is 30.5 Å². The number of hydrogen-bond acceptors (Lipinski definition) is 7. The number of H-pyrrole nitrogens is 2. The normalized spacial score (nSPS) is 17.6. The number of benzene rings is 1. The van der Waals surface area contributed by atoms with Crippen LogP contribution in [0.25, 0.3) is 11.3 Å². The number of nitrogens with zero attached hydrogens (tertiary/aromatic N) is 5. The Balaban J connectivity index is 1.32. The average molecular weight is 450 g/mol. The first-order valence-electron chi connectivity index (χ1n) is 11.6. The van der Waals surface area contributed by atoms with E-state index in [0.717, 1.165) is 86.1 Å². The molecule has 1 saturated heterocycles. The zero-order valence-electron chi connectivity index (χ0n) is 19.3. The second-order valence-corrected chi connectivity index (χ2v) is 8.85. The van der Waals surface area contributed by atoms with Gasteiger partial charge in [0.1, 0.15) is 5.75 Å². The van der Waals surface area contributed by atoms with E-state index in [-0.39, 0.29) is 5.56 Å². The predicted molar refractivity (Wildman–Crippen MR) is 128 cm³/mol. The van der Waals surface area contributed by atoms with Crippen molar-refractivity contribution in [1.29, 1.82) is 0 Å². The molecule has 0 bridgehead atoms. The average Bonchev–Trinajstić information content (AvgIpc) is 3.19. The Bertz CT molecular complexity index is 1160. The van der Waals surface area contributed by atoms with Crippen LogP contribution >= 0.6 is 0 Å². The lowest BCUT2D eigenvalue weighted by molar-refractivity contribution is 0.279. The Hall–Kier alpha value is -3.17. The SMILES string of the molecule is COc1ccccc1-c1[nH]ncc1CN1CCc2nc(N3CCN(C)CC3)[nH]c(=O)c2CC1. The van der Waals surface area contributed by atoms with Crippen LogP contribution < -0.4 is 15.2 Å². The molecule has 0 amide bonds. The molecule has 2 N–H and O–H groups in total. The van der Waals surface area contributed by atoms with Gasteiger partial charge in [0.2, 0.25) is 5.95 Å². The predicted octanol–water partition coefficient (Wildman–Crippen LogP) is 1.52. The number of aromatic amines is 2. The molecule has 0 spiro atoms. The highest BCUT2D eigenvalue weighted by molar-refractivity contribution is 5.69. The summed E-state index contributed by atoms with van der Waals surface area (Å²) in [5.41, 5.74) is 4.86. The highest BCUT2D eigenvalue weighted by atomic mass is 16.5. The standard InChI is InChI=1S/C24H31N7O2/c1-29-11-13-31(14-12-29)24-26-20-8-10-30(9-7-18(20)23(32)27-24)16-17-15-25-28-22(17)19-5-3-4-6-21(19)33-2/h3-6,15H,7-14,16H2,1-2H3,(H,25,28)(H,26,27,32). The second kappa shape index (κ2) is 9.36. The molecule has 3 aromatic rings. The molecule has 1 aromatic carbocycles. The largest absolute Gasteiger partial charge is 0.496 e. The molecule has 0 saturated carbocycles. The van der Waals surface area contributed by atoms with E-state index in [1.54, 1.807) is 7.11 Å². The van der Waals surface area contributed by atoms with Crippen LogP contribution in [-0.4, -0.2) is 83.4 Å². The molecule has 0 atom stereocenters. The summed E-state index contributed by atoms with van der Waals surface area (Å²) < 4.78 is 5.54. The van der Waals surface area contributed by atoms with E-state index in [1.165, 1.54) is 0 Å². The van der Waals surface area contributed by atoms with E-state index in [4.69, 9.17) is 9.72 Å². The number of anilines is 1. The lowest BCUT2D eigenvalue weighted by Crippen LogP contribution is -2.45. The van der Waals surface area contributed by atoms with Crippen molar-refractivity contribution in [3.8, 4) is 17.0 Å². The summed E-state index contributed by atoms with van der Waals surface area (Å²) in [4.78, 5) is 27.7. The maximum absolute atomic E-state index is 12.9. The molecular formula is C24H31N7O2. The van der Waals surface area contributed by atoms with Crippen LogP contribution in [0, 0.1) is 0 Å². The summed E-state index contributed by atoms with van der Waals surface area (Å²) in [6.45, 7) is 6.14. The van der Waals surface area contributed by atoms with Gasteiger partial charge in [-0.15, -0.1) is 0 Å². The Morgan fingerprint density at radius 1 is 1.06 bits per heavy atom. The molecule has 4 heterocycles. The van der Waals surface area contributed by atoms with Crippen LogP contribution in [0.3, 0.4) is 0 Å². The molecular weight excluding hydrogens is 418 g/mol. The van der Waals surface area contributed by atoms with Crippen LogP contribution in [0.15, 0.2) is 35.3 Å². The van der Waals surface area contributed by atoms with Crippen molar-refractivity contribution in [3.05, 3.63) is 57.6 Å². The van der Waals surface area contributed by atoms with Crippen molar-refractivity contribution < 1.29 is 4.74 Å². The fraction of sp³-hybridized carbons (Fsp3) is 0.458. The maximum atomic E-state index is 12.9. The smallest absolute Gasteiger partial charge is 0.255 e. The van der Waals surface area contributed by atoms with E-state index in [9.17, 15) is 4.79 Å². The summed E-state index contributed by atoms with van der Waals surface area (Å²) in [6.07, 6.45) is 3.35. The molecule has 0 radical (unpaired) electrons. The number of fused-ring (bicyclic) bond motifs is 1. The topological polar surface area (TPSA) is 93.4 Å². The van der Waals surface area contributed by atoms with Gasteiger partial charge in [-0.25, -0.2) is 4.98 Å². The molecule has 2 aromatic heterocycles. The van der Waals surface area contributed by atoms with Crippen LogP contribution in [0.1, 0.15) is 16.8 Å². The van der Waals surface area contributed by atoms with Crippen molar-refractivity contribution in [1.82, 2.24) is 30.0 Å². The zero-order valence-corrected chi connectivity index (χ0v) is 19.3. The molecule has 9 heteroatoms. The molecule has 5 rings (SSSR count). The Morgan fingerprint density at radius 3 is 2.67 bits per heavy atom. The molecule has 1 fully saturated rings. The number of ether oxygens (including phenoxy) is 1. The quantitative estimate of drug-likeness (QED) is 0.610. The van der Waals surface area contributed by atoms with E-state index >= 15 is 0 Å². The van der Waals surface area contributed by atoms with E-state index < -0.39 is 0 Å². The van der Waals surface area contributed by atoms with Crippen molar-refractivity contribution in [3.63, 3.8) is 0 Å². The number of nitrogens with one attached hydrogen (secondary N) is 2. The zero-order chi connectivity index (χ0) is 22.8. The molecule has 33 heavy (non-hydrogen) atoms. The number of likely N-dealkylation sites (N-methyl/N-ethyl adjacent to an activating group) is 1. The van der Waals surface area contributed by atoms with E-state index in [0.29, 0.717) is 12.4 Å². The minimum Gasteiger partial charge on any atom is -0.496 e. The summed E-state index contributed by atoms with van der Waals surface area (Å²) in [5, 5.41) is 7.44. The van der Waals surface area contributed by atoms with Gasteiger partial charge < -0.3 is 14.5 Å². The first-order valence-corrected chi connectivity index (χ1v) is 11.6. The third-order valence-corrected chi connectivity index (χ3v) is 6.72.